The Morgan fingerprint density at radius 3 is 2.56 bits per heavy atom. The molecule has 3 rings (SSSR count). The fraction of sp³-hybridized carbons (Fsp3) is 0.150. The van der Waals surface area contributed by atoms with Gasteiger partial charge in [-0.25, -0.2) is 4.79 Å². The predicted octanol–water partition coefficient (Wildman–Crippen LogP) is 2.99. The summed E-state index contributed by atoms with van der Waals surface area (Å²) in [5.41, 5.74) is 0.454. The van der Waals surface area contributed by atoms with Gasteiger partial charge in [-0.3, -0.25) is 9.59 Å². The van der Waals surface area contributed by atoms with Gasteiger partial charge in [0.05, 0.1) is 12.0 Å². The molecule has 0 aliphatic heterocycles. The Bertz CT molecular complexity index is 1020. The summed E-state index contributed by atoms with van der Waals surface area (Å²) in [6.07, 6.45) is 0. The lowest BCUT2D eigenvalue weighted by Gasteiger charge is -2.08. The molecule has 1 aromatic heterocycles. The first-order valence-electron chi connectivity index (χ1n) is 8.29. The van der Waals surface area contributed by atoms with Crippen LogP contribution in [0.25, 0.3) is 11.0 Å². The minimum atomic E-state index is -0.889. The number of rotatable bonds is 6. The van der Waals surface area contributed by atoms with Crippen molar-refractivity contribution in [3.05, 3.63) is 70.6 Å². The number of hydrogen-bond acceptors (Lipinski definition) is 6. The average molecular weight is 367 g/mol. The number of amides is 1. The summed E-state index contributed by atoms with van der Waals surface area (Å²) >= 11 is 0. The molecule has 2 aromatic carbocycles. The number of esters is 1. The first-order valence-corrected chi connectivity index (χ1v) is 8.29. The maximum absolute atomic E-state index is 12.1. The average Bonchev–Trinajstić information content (AvgIpc) is 2.68. The third-order valence-corrected chi connectivity index (χ3v) is 3.62. The normalized spacial score (nSPS) is 10.4. The monoisotopic (exact) mass is 367 g/mol. The summed E-state index contributed by atoms with van der Waals surface area (Å²) in [4.78, 5) is 36.0. The number of anilines is 1. The Labute approximate surface area is 154 Å². The number of carbonyl (C=O) groups is 2. The van der Waals surface area contributed by atoms with Crippen molar-refractivity contribution in [2.24, 2.45) is 0 Å². The Hall–Kier alpha value is -3.61. The molecule has 0 radical (unpaired) electrons. The maximum atomic E-state index is 12.1. The lowest BCUT2D eigenvalue weighted by atomic mass is 10.2. The quantitative estimate of drug-likeness (QED) is 0.673. The van der Waals surface area contributed by atoms with Gasteiger partial charge in [-0.15, -0.1) is 0 Å². The molecular weight excluding hydrogens is 350 g/mol. The van der Waals surface area contributed by atoms with Gasteiger partial charge in [0.2, 0.25) is 5.76 Å². The van der Waals surface area contributed by atoms with Crippen molar-refractivity contribution in [1.29, 1.82) is 0 Å². The van der Waals surface area contributed by atoms with Crippen molar-refractivity contribution < 1.29 is 23.5 Å². The van der Waals surface area contributed by atoms with Crippen LogP contribution in [0, 0.1) is 0 Å². The number of nitrogens with one attached hydrogen (secondary N) is 1. The predicted molar refractivity (Wildman–Crippen MR) is 99.0 cm³/mol. The van der Waals surface area contributed by atoms with Gasteiger partial charge in [0.25, 0.3) is 5.91 Å². The topological polar surface area (TPSA) is 94.8 Å². The SMILES string of the molecule is CCOc1ccc(NC(=O)COC(=O)c2cc(=O)c3ccccc3o2)cc1. The van der Waals surface area contributed by atoms with Gasteiger partial charge in [-0.05, 0) is 43.3 Å². The van der Waals surface area contributed by atoms with Crippen molar-refractivity contribution in [2.75, 3.05) is 18.5 Å². The molecule has 1 N–H and O–H groups in total. The number of benzene rings is 2. The number of hydrogen-bond donors (Lipinski definition) is 1. The summed E-state index contributed by atoms with van der Waals surface area (Å²) in [6.45, 7) is 1.91. The van der Waals surface area contributed by atoms with Gasteiger partial charge in [-0.1, -0.05) is 12.1 Å². The zero-order valence-electron chi connectivity index (χ0n) is 14.6. The van der Waals surface area contributed by atoms with E-state index in [2.05, 4.69) is 5.32 Å². The van der Waals surface area contributed by atoms with Gasteiger partial charge >= 0.3 is 5.97 Å². The highest BCUT2D eigenvalue weighted by molar-refractivity contribution is 5.95. The van der Waals surface area contributed by atoms with Gasteiger partial charge in [-0.2, -0.15) is 0 Å². The van der Waals surface area contributed by atoms with Crippen LogP contribution < -0.4 is 15.5 Å². The van der Waals surface area contributed by atoms with Crippen LogP contribution in [-0.2, 0) is 9.53 Å². The number of para-hydroxylation sites is 1. The van der Waals surface area contributed by atoms with E-state index in [1.54, 1.807) is 48.5 Å². The molecule has 27 heavy (non-hydrogen) atoms. The largest absolute Gasteiger partial charge is 0.494 e. The number of ether oxygens (including phenoxy) is 2. The molecule has 0 fully saturated rings. The summed E-state index contributed by atoms with van der Waals surface area (Å²) in [7, 11) is 0. The van der Waals surface area contributed by atoms with Gasteiger partial charge in [0, 0.05) is 11.8 Å². The van der Waals surface area contributed by atoms with E-state index in [4.69, 9.17) is 13.9 Å². The van der Waals surface area contributed by atoms with E-state index >= 15 is 0 Å². The molecule has 0 saturated heterocycles. The zero-order valence-corrected chi connectivity index (χ0v) is 14.6. The van der Waals surface area contributed by atoms with E-state index in [0.29, 0.717) is 23.4 Å². The van der Waals surface area contributed by atoms with E-state index in [9.17, 15) is 14.4 Å². The standard InChI is InChI=1S/C20H17NO6/c1-2-25-14-9-7-13(8-10-14)21-19(23)12-26-20(24)18-11-16(22)15-5-3-4-6-17(15)27-18/h3-11H,2,12H2,1H3,(H,21,23). The minimum absolute atomic E-state index is 0.257. The Balaban J connectivity index is 1.60. The summed E-state index contributed by atoms with van der Waals surface area (Å²) in [6, 6.07) is 14.4. The van der Waals surface area contributed by atoms with E-state index < -0.39 is 18.5 Å². The van der Waals surface area contributed by atoms with Gasteiger partial charge in [0.15, 0.2) is 12.0 Å². The minimum Gasteiger partial charge on any atom is -0.494 e. The Morgan fingerprint density at radius 2 is 1.81 bits per heavy atom. The van der Waals surface area contributed by atoms with Gasteiger partial charge in [0.1, 0.15) is 11.3 Å². The van der Waals surface area contributed by atoms with Crippen LogP contribution in [0.5, 0.6) is 5.75 Å². The lowest BCUT2D eigenvalue weighted by molar-refractivity contribution is -0.119. The molecular formula is C20H17NO6. The van der Waals surface area contributed by atoms with Crippen LogP contribution in [0.2, 0.25) is 0 Å². The van der Waals surface area contributed by atoms with Crippen LogP contribution in [0.3, 0.4) is 0 Å². The molecule has 138 valence electrons. The fourth-order valence-corrected chi connectivity index (χ4v) is 2.40. The second kappa shape index (κ2) is 8.18. The van der Waals surface area contributed by atoms with E-state index in [1.807, 2.05) is 6.92 Å². The molecule has 0 spiro atoms. The molecule has 0 unspecified atom stereocenters. The van der Waals surface area contributed by atoms with E-state index in [0.717, 1.165) is 6.07 Å². The fourth-order valence-electron chi connectivity index (χ4n) is 2.40. The highest BCUT2D eigenvalue weighted by Gasteiger charge is 2.15. The summed E-state index contributed by atoms with van der Waals surface area (Å²) in [5, 5.41) is 2.96. The van der Waals surface area contributed by atoms with Crippen molar-refractivity contribution in [3.63, 3.8) is 0 Å². The molecule has 3 aromatic rings. The van der Waals surface area contributed by atoms with Crippen LogP contribution in [0.1, 0.15) is 17.5 Å². The number of fused-ring (bicyclic) bond motifs is 1. The smallest absolute Gasteiger partial charge is 0.374 e. The number of carbonyl (C=O) groups excluding carboxylic acids is 2. The van der Waals surface area contributed by atoms with E-state index in [1.165, 1.54) is 0 Å². The molecule has 1 amide bonds. The van der Waals surface area contributed by atoms with Crippen LogP contribution in [0.15, 0.2) is 63.8 Å². The molecule has 7 heteroatoms. The zero-order chi connectivity index (χ0) is 19.2. The van der Waals surface area contributed by atoms with E-state index in [-0.39, 0.29) is 16.8 Å². The third-order valence-electron chi connectivity index (χ3n) is 3.62. The van der Waals surface area contributed by atoms with Crippen LogP contribution in [0.4, 0.5) is 5.69 Å². The summed E-state index contributed by atoms with van der Waals surface area (Å²) < 4.78 is 15.6. The molecule has 0 aliphatic carbocycles. The lowest BCUT2D eigenvalue weighted by Crippen LogP contribution is -2.21. The second-order valence-electron chi connectivity index (χ2n) is 5.55. The highest BCUT2D eigenvalue weighted by Crippen LogP contribution is 2.16. The molecule has 0 atom stereocenters. The molecule has 1 heterocycles. The van der Waals surface area contributed by atoms with Crippen molar-refractivity contribution in [2.45, 2.75) is 6.92 Å². The molecule has 0 aliphatic rings. The van der Waals surface area contributed by atoms with Gasteiger partial charge < -0.3 is 19.2 Å². The highest BCUT2D eigenvalue weighted by atomic mass is 16.5. The van der Waals surface area contributed by atoms with Crippen LogP contribution >= 0.6 is 0 Å². The first kappa shape index (κ1) is 18.2. The Kier molecular flexibility index (Phi) is 5.51. The third kappa shape index (κ3) is 4.52. The van der Waals surface area contributed by atoms with Crippen molar-refractivity contribution >= 4 is 28.5 Å². The summed E-state index contributed by atoms with van der Waals surface area (Å²) in [5.74, 6) is -0.976. The van der Waals surface area contributed by atoms with Crippen molar-refractivity contribution in [1.82, 2.24) is 0 Å². The van der Waals surface area contributed by atoms with Crippen LogP contribution in [-0.4, -0.2) is 25.1 Å². The second-order valence-corrected chi connectivity index (χ2v) is 5.55. The molecule has 0 bridgehead atoms. The molecule has 0 saturated carbocycles. The molecule has 7 nitrogen and oxygen atoms in total. The van der Waals surface area contributed by atoms with Crippen molar-refractivity contribution in [3.8, 4) is 5.75 Å². The first-order chi connectivity index (χ1) is 13.1. The Morgan fingerprint density at radius 1 is 1.07 bits per heavy atom. The maximum Gasteiger partial charge on any atom is 0.374 e.